The summed E-state index contributed by atoms with van der Waals surface area (Å²) < 4.78 is 0.859. The zero-order chi connectivity index (χ0) is 17.4. The smallest absolute Gasteiger partial charge is 0.283 e. The van der Waals surface area contributed by atoms with Crippen LogP contribution in [0.4, 0.5) is 11.4 Å². The number of aryl methyl sites for hydroxylation is 1. The van der Waals surface area contributed by atoms with E-state index >= 15 is 0 Å². The van der Waals surface area contributed by atoms with Crippen molar-refractivity contribution in [2.75, 3.05) is 10.2 Å². The standard InChI is InChI=1S/C18H14BrClN2O2/c1-10-4-3-5-14(11(10)2)21-16-15(20)17(23)22(18(16)24)13-8-6-12(19)7-9-13/h3-9,21H,1-2H3. The Kier molecular flexibility index (Phi) is 4.47. The summed E-state index contributed by atoms with van der Waals surface area (Å²) in [5.41, 5.74) is 3.40. The summed E-state index contributed by atoms with van der Waals surface area (Å²) in [6, 6.07) is 12.6. The minimum Gasteiger partial charge on any atom is -0.349 e. The van der Waals surface area contributed by atoms with Gasteiger partial charge in [-0.05, 0) is 55.3 Å². The van der Waals surface area contributed by atoms with Gasteiger partial charge in [0.2, 0.25) is 0 Å². The van der Waals surface area contributed by atoms with Crippen molar-refractivity contribution >= 4 is 50.7 Å². The molecule has 2 aromatic rings. The SMILES string of the molecule is Cc1cccc(NC2=C(Cl)C(=O)N(c3ccc(Br)cc3)C2=O)c1C. The van der Waals surface area contributed by atoms with Gasteiger partial charge in [-0.15, -0.1) is 0 Å². The third kappa shape index (κ3) is 2.85. The lowest BCUT2D eigenvalue weighted by Crippen LogP contribution is -2.32. The van der Waals surface area contributed by atoms with E-state index in [0.717, 1.165) is 26.2 Å². The second-order valence-electron chi connectivity index (χ2n) is 5.48. The average Bonchev–Trinajstić information content (AvgIpc) is 2.76. The Labute approximate surface area is 153 Å². The molecule has 0 unspecified atom stereocenters. The molecule has 122 valence electrons. The molecule has 0 saturated heterocycles. The van der Waals surface area contributed by atoms with E-state index < -0.39 is 11.8 Å². The molecule has 4 nitrogen and oxygen atoms in total. The molecule has 0 bridgehead atoms. The molecule has 1 aliphatic rings. The molecule has 1 N–H and O–H groups in total. The van der Waals surface area contributed by atoms with E-state index in [0.29, 0.717) is 5.69 Å². The number of imide groups is 1. The van der Waals surface area contributed by atoms with Crippen LogP contribution >= 0.6 is 27.5 Å². The van der Waals surface area contributed by atoms with E-state index in [4.69, 9.17) is 11.6 Å². The first-order valence-corrected chi connectivity index (χ1v) is 8.44. The van der Waals surface area contributed by atoms with Crippen molar-refractivity contribution in [2.45, 2.75) is 13.8 Å². The Morgan fingerprint density at radius 3 is 2.33 bits per heavy atom. The zero-order valence-electron chi connectivity index (χ0n) is 13.1. The monoisotopic (exact) mass is 404 g/mol. The van der Waals surface area contributed by atoms with Gasteiger partial charge in [-0.1, -0.05) is 39.7 Å². The summed E-state index contributed by atoms with van der Waals surface area (Å²) in [5.74, 6) is -0.995. The van der Waals surface area contributed by atoms with Crippen LogP contribution in [0.15, 0.2) is 57.7 Å². The maximum atomic E-state index is 12.7. The van der Waals surface area contributed by atoms with Crippen LogP contribution in [0.5, 0.6) is 0 Å². The predicted octanol–water partition coefficient (Wildman–Crippen LogP) is 4.50. The fraction of sp³-hybridized carbons (Fsp3) is 0.111. The summed E-state index contributed by atoms with van der Waals surface area (Å²) >= 11 is 9.47. The largest absolute Gasteiger partial charge is 0.349 e. The van der Waals surface area contributed by atoms with Crippen LogP contribution in [0.2, 0.25) is 0 Å². The van der Waals surface area contributed by atoms with Crippen LogP contribution in [0.25, 0.3) is 0 Å². The molecule has 2 amide bonds. The number of rotatable bonds is 3. The minimum absolute atomic E-state index is 0.0956. The molecular formula is C18H14BrClN2O2. The molecule has 24 heavy (non-hydrogen) atoms. The molecule has 1 heterocycles. The summed E-state index contributed by atoms with van der Waals surface area (Å²) in [7, 11) is 0. The van der Waals surface area contributed by atoms with E-state index in [1.54, 1.807) is 24.3 Å². The molecule has 0 fully saturated rings. The van der Waals surface area contributed by atoms with Gasteiger partial charge in [-0.25, -0.2) is 4.90 Å². The van der Waals surface area contributed by atoms with Crippen molar-refractivity contribution in [3.8, 4) is 0 Å². The number of carbonyl (C=O) groups excluding carboxylic acids is 2. The van der Waals surface area contributed by atoms with E-state index in [-0.39, 0.29) is 10.7 Å². The summed E-state index contributed by atoms with van der Waals surface area (Å²) in [6.45, 7) is 3.92. The molecule has 0 aromatic heterocycles. The van der Waals surface area contributed by atoms with Crippen LogP contribution < -0.4 is 10.2 Å². The first-order valence-electron chi connectivity index (χ1n) is 7.27. The summed E-state index contributed by atoms with van der Waals surface area (Å²) in [6.07, 6.45) is 0. The lowest BCUT2D eigenvalue weighted by Gasteiger charge is -2.16. The molecule has 0 saturated carbocycles. The molecule has 0 radical (unpaired) electrons. The predicted molar refractivity (Wildman–Crippen MR) is 99.1 cm³/mol. The number of nitrogens with one attached hydrogen (secondary N) is 1. The number of hydrogen-bond donors (Lipinski definition) is 1. The molecule has 0 spiro atoms. The van der Waals surface area contributed by atoms with Crippen LogP contribution in [0.1, 0.15) is 11.1 Å². The summed E-state index contributed by atoms with van der Waals surface area (Å²) in [5, 5.41) is 2.91. The average molecular weight is 406 g/mol. The van der Waals surface area contributed by atoms with E-state index in [1.165, 1.54) is 0 Å². The van der Waals surface area contributed by atoms with Crippen LogP contribution in [-0.4, -0.2) is 11.8 Å². The van der Waals surface area contributed by atoms with Gasteiger partial charge < -0.3 is 5.32 Å². The Morgan fingerprint density at radius 2 is 1.67 bits per heavy atom. The van der Waals surface area contributed by atoms with Crippen molar-refractivity contribution < 1.29 is 9.59 Å². The van der Waals surface area contributed by atoms with Crippen molar-refractivity contribution in [3.05, 3.63) is 68.8 Å². The van der Waals surface area contributed by atoms with Crippen LogP contribution in [0.3, 0.4) is 0 Å². The van der Waals surface area contributed by atoms with Gasteiger partial charge in [0.05, 0.1) is 5.69 Å². The normalized spacial score (nSPS) is 14.6. The second kappa shape index (κ2) is 6.42. The second-order valence-corrected chi connectivity index (χ2v) is 6.78. The molecular weight excluding hydrogens is 392 g/mol. The highest BCUT2D eigenvalue weighted by Crippen LogP contribution is 2.31. The van der Waals surface area contributed by atoms with Gasteiger partial charge in [0, 0.05) is 10.2 Å². The lowest BCUT2D eigenvalue weighted by atomic mass is 10.1. The molecule has 0 atom stereocenters. The van der Waals surface area contributed by atoms with Crippen LogP contribution in [0, 0.1) is 13.8 Å². The number of nitrogens with zero attached hydrogens (tertiary/aromatic N) is 1. The number of benzene rings is 2. The van der Waals surface area contributed by atoms with E-state index in [1.807, 2.05) is 32.0 Å². The van der Waals surface area contributed by atoms with E-state index in [2.05, 4.69) is 21.2 Å². The Morgan fingerprint density at radius 1 is 1.00 bits per heavy atom. The molecule has 0 aliphatic carbocycles. The number of hydrogen-bond acceptors (Lipinski definition) is 3. The van der Waals surface area contributed by atoms with Gasteiger partial charge >= 0.3 is 0 Å². The maximum Gasteiger partial charge on any atom is 0.283 e. The quantitative estimate of drug-likeness (QED) is 0.765. The van der Waals surface area contributed by atoms with Gasteiger partial charge in [-0.2, -0.15) is 0 Å². The highest BCUT2D eigenvalue weighted by atomic mass is 79.9. The third-order valence-corrected chi connectivity index (χ3v) is 4.86. The van der Waals surface area contributed by atoms with Crippen molar-refractivity contribution in [1.82, 2.24) is 0 Å². The number of anilines is 2. The minimum atomic E-state index is -0.531. The van der Waals surface area contributed by atoms with E-state index in [9.17, 15) is 9.59 Å². The van der Waals surface area contributed by atoms with Gasteiger partial charge in [0.1, 0.15) is 10.7 Å². The third-order valence-electron chi connectivity index (χ3n) is 3.98. The molecule has 2 aromatic carbocycles. The van der Waals surface area contributed by atoms with Crippen LogP contribution in [-0.2, 0) is 9.59 Å². The van der Waals surface area contributed by atoms with Crippen molar-refractivity contribution in [1.29, 1.82) is 0 Å². The van der Waals surface area contributed by atoms with Gasteiger partial charge in [0.25, 0.3) is 11.8 Å². The highest BCUT2D eigenvalue weighted by Gasteiger charge is 2.39. The fourth-order valence-corrected chi connectivity index (χ4v) is 2.93. The number of amides is 2. The zero-order valence-corrected chi connectivity index (χ0v) is 15.4. The highest BCUT2D eigenvalue weighted by molar-refractivity contribution is 9.10. The molecule has 6 heteroatoms. The molecule has 1 aliphatic heterocycles. The Hall–Kier alpha value is -2.11. The first-order chi connectivity index (χ1) is 11.4. The van der Waals surface area contributed by atoms with Gasteiger partial charge in [0.15, 0.2) is 0 Å². The topological polar surface area (TPSA) is 49.4 Å². The Balaban J connectivity index is 1.95. The molecule has 3 rings (SSSR count). The number of halogens is 2. The lowest BCUT2D eigenvalue weighted by molar-refractivity contribution is -0.120. The Bertz CT molecular complexity index is 875. The summed E-state index contributed by atoms with van der Waals surface area (Å²) in [4.78, 5) is 26.2. The van der Waals surface area contributed by atoms with Crippen molar-refractivity contribution in [3.63, 3.8) is 0 Å². The maximum absolute atomic E-state index is 12.7. The fourth-order valence-electron chi connectivity index (χ4n) is 2.46. The van der Waals surface area contributed by atoms with Crippen molar-refractivity contribution in [2.24, 2.45) is 0 Å². The number of carbonyl (C=O) groups is 2. The first kappa shape index (κ1) is 16.7. The van der Waals surface area contributed by atoms with Gasteiger partial charge in [-0.3, -0.25) is 9.59 Å².